The first-order chi connectivity index (χ1) is 6.38. The maximum Gasteiger partial charge on any atom is 0.0684 e. The third kappa shape index (κ3) is 3.17. The number of aliphatic hydroxyl groups excluding tert-OH is 2. The van der Waals surface area contributed by atoms with Gasteiger partial charge in [0.25, 0.3) is 0 Å². The molecule has 0 fully saturated rings. The first kappa shape index (κ1) is 10.2. The Bertz CT molecular complexity index is 246. The second-order valence-electron chi connectivity index (χ2n) is 3.11. The molecule has 2 nitrogen and oxygen atoms in total. The molecule has 2 N–H and O–H groups in total. The maximum atomic E-state index is 9.03. The van der Waals surface area contributed by atoms with E-state index in [2.05, 4.69) is 0 Å². The number of rotatable bonds is 5. The second kappa shape index (κ2) is 5.73. The molecule has 1 aromatic rings. The Kier molecular flexibility index (Phi) is 4.50. The lowest BCUT2D eigenvalue weighted by Crippen LogP contribution is -1.94. The molecule has 72 valence electrons. The zero-order valence-corrected chi connectivity index (χ0v) is 7.74. The molecular formula is C11H16O2. The van der Waals surface area contributed by atoms with Gasteiger partial charge in [-0.1, -0.05) is 24.3 Å². The quantitative estimate of drug-likeness (QED) is 0.674. The summed E-state index contributed by atoms with van der Waals surface area (Å²) in [6, 6.07) is 7.88. The lowest BCUT2D eigenvalue weighted by atomic mass is 10.0. The smallest absolute Gasteiger partial charge is 0.0684 e. The Balaban J connectivity index is 2.54. The van der Waals surface area contributed by atoms with Crippen LogP contribution >= 0.6 is 0 Å². The van der Waals surface area contributed by atoms with E-state index in [1.807, 2.05) is 24.3 Å². The van der Waals surface area contributed by atoms with Gasteiger partial charge in [0.1, 0.15) is 0 Å². The minimum Gasteiger partial charge on any atom is -0.396 e. The summed E-state index contributed by atoms with van der Waals surface area (Å²) in [7, 11) is 0. The van der Waals surface area contributed by atoms with Crippen LogP contribution in [0.2, 0.25) is 0 Å². The van der Waals surface area contributed by atoms with Crippen molar-refractivity contribution in [3.05, 3.63) is 35.4 Å². The molecule has 0 unspecified atom stereocenters. The Morgan fingerprint density at radius 1 is 0.923 bits per heavy atom. The predicted octanol–water partition coefficient (Wildman–Crippen LogP) is 1.49. The van der Waals surface area contributed by atoms with E-state index in [9.17, 15) is 0 Å². The molecular weight excluding hydrogens is 164 g/mol. The molecule has 1 aromatic carbocycles. The first-order valence-electron chi connectivity index (χ1n) is 4.67. The van der Waals surface area contributed by atoms with E-state index >= 15 is 0 Å². The Hall–Kier alpha value is -0.860. The van der Waals surface area contributed by atoms with Gasteiger partial charge in [-0.05, 0) is 30.4 Å². The Morgan fingerprint density at radius 2 is 1.62 bits per heavy atom. The molecule has 0 aliphatic carbocycles. The fourth-order valence-electron chi connectivity index (χ4n) is 1.38. The second-order valence-corrected chi connectivity index (χ2v) is 3.11. The lowest BCUT2D eigenvalue weighted by molar-refractivity contribution is 0.278. The van der Waals surface area contributed by atoms with Crippen LogP contribution in [0.1, 0.15) is 24.0 Å². The van der Waals surface area contributed by atoms with Crippen molar-refractivity contribution in [3.63, 3.8) is 0 Å². The normalized spacial score (nSPS) is 10.3. The van der Waals surface area contributed by atoms with Crippen molar-refractivity contribution in [1.82, 2.24) is 0 Å². The summed E-state index contributed by atoms with van der Waals surface area (Å²) < 4.78 is 0. The highest BCUT2D eigenvalue weighted by Gasteiger charge is 1.99. The number of hydrogen-bond acceptors (Lipinski definition) is 2. The van der Waals surface area contributed by atoms with E-state index < -0.39 is 0 Å². The number of aliphatic hydroxyl groups is 2. The fourth-order valence-corrected chi connectivity index (χ4v) is 1.38. The van der Waals surface area contributed by atoms with Crippen LogP contribution in [0, 0.1) is 0 Å². The van der Waals surface area contributed by atoms with Crippen molar-refractivity contribution in [2.24, 2.45) is 0 Å². The largest absolute Gasteiger partial charge is 0.396 e. The molecule has 0 amide bonds. The SMILES string of the molecule is OCCCCc1ccccc1CO. The molecule has 0 heterocycles. The van der Waals surface area contributed by atoms with Crippen LogP contribution in [-0.4, -0.2) is 16.8 Å². The van der Waals surface area contributed by atoms with Crippen LogP contribution in [0.15, 0.2) is 24.3 Å². The minimum absolute atomic E-state index is 0.106. The highest BCUT2D eigenvalue weighted by Crippen LogP contribution is 2.11. The molecule has 1 rings (SSSR count). The van der Waals surface area contributed by atoms with Gasteiger partial charge in [0.15, 0.2) is 0 Å². The van der Waals surface area contributed by atoms with Crippen LogP contribution < -0.4 is 0 Å². The van der Waals surface area contributed by atoms with Gasteiger partial charge in [-0.25, -0.2) is 0 Å². The number of benzene rings is 1. The minimum atomic E-state index is 0.106. The molecule has 13 heavy (non-hydrogen) atoms. The molecule has 0 aliphatic heterocycles. The molecule has 0 bridgehead atoms. The van der Waals surface area contributed by atoms with E-state index in [4.69, 9.17) is 10.2 Å². The van der Waals surface area contributed by atoms with Crippen LogP contribution in [0.5, 0.6) is 0 Å². The van der Waals surface area contributed by atoms with Crippen molar-refractivity contribution in [2.45, 2.75) is 25.9 Å². The molecule has 0 spiro atoms. The average molecular weight is 180 g/mol. The Labute approximate surface area is 78.8 Å². The summed E-state index contributed by atoms with van der Waals surface area (Å²) in [5.74, 6) is 0. The highest BCUT2D eigenvalue weighted by molar-refractivity contribution is 5.26. The van der Waals surface area contributed by atoms with E-state index in [0.717, 1.165) is 24.8 Å². The zero-order chi connectivity index (χ0) is 9.52. The fraction of sp³-hybridized carbons (Fsp3) is 0.455. The summed E-state index contributed by atoms with van der Waals surface area (Å²) in [6.07, 6.45) is 2.75. The summed E-state index contributed by atoms with van der Waals surface area (Å²) >= 11 is 0. The van der Waals surface area contributed by atoms with Crippen molar-refractivity contribution in [1.29, 1.82) is 0 Å². The van der Waals surface area contributed by atoms with Crippen LogP contribution in [0.4, 0.5) is 0 Å². The van der Waals surface area contributed by atoms with Gasteiger partial charge in [0.2, 0.25) is 0 Å². The van der Waals surface area contributed by atoms with Gasteiger partial charge in [-0.2, -0.15) is 0 Å². The predicted molar refractivity (Wildman–Crippen MR) is 52.4 cm³/mol. The van der Waals surface area contributed by atoms with Crippen molar-refractivity contribution >= 4 is 0 Å². The van der Waals surface area contributed by atoms with Gasteiger partial charge in [-0.15, -0.1) is 0 Å². The van der Waals surface area contributed by atoms with Crippen molar-refractivity contribution < 1.29 is 10.2 Å². The summed E-state index contributed by atoms with van der Waals surface area (Å²) in [6.45, 7) is 0.358. The van der Waals surface area contributed by atoms with Gasteiger partial charge < -0.3 is 10.2 Å². The van der Waals surface area contributed by atoms with Crippen molar-refractivity contribution in [2.75, 3.05) is 6.61 Å². The van der Waals surface area contributed by atoms with E-state index in [-0.39, 0.29) is 13.2 Å². The standard InChI is InChI=1S/C11H16O2/c12-8-4-3-6-10-5-1-2-7-11(10)9-13/h1-2,5,7,12-13H,3-4,6,8-9H2. The molecule has 0 aliphatic rings. The summed E-state index contributed by atoms with van der Waals surface area (Å²) in [4.78, 5) is 0. The van der Waals surface area contributed by atoms with E-state index in [1.54, 1.807) is 0 Å². The number of hydrogen-bond donors (Lipinski definition) is 2. The number of unbranched alkanes of at least 4 members (excludes halogenated alkanes) is 1. The van der Waals surface area contributed by atoms with Crippen molar-refractivity contribution in [3.8, 4) is 0 Å². The molecule has 2 heteroatoms. The molecule has 0 atom stereocenters. The van der Waals surface area contributed by atoms with Gasteiger partial charge >= 0.3 is 0 Å². The van der Waals surface area contributed by atoms with E-state index in [1.165, 1.54) is 5.56 Å². The third-order valence-electron chi connectivity index (χ3n) is 2.14. The molecule has 0 radical (unpaired) electrons. The lowest BCUT2D eigenvalue weighted by Gasteiger charge is -2.05. The Morgan fingerprint density at radius 3 is 2.23 bits per heavy atom. The highest BCUT2D eigenvalue weighted by atomic mass is 16.3. The molecule has 0 saturated carbocycles. The van der Waals surface area contributed by atoms with E-state index in [0.29, 0.717) is 0 Å². The third-order valence-corrected chi connectivity index (χ3v) is 2.14. The average Bonchev–Trinajstić information content (AvgIpc) is 2.19. The van der Waals surface area contributed by atoms with Crippen LogP contribution in [0.3, 0.4) is 0 Å². The maximum absolute atomic E-state index is 9.03. The summed E-state index contributed by atoms with van der Waals surface area (Å²) in [5, 5.41) is 17.6. The molecule has 0 aromatic heterocycles. The number of aryl methyl sites for hydroxylation is 1. The monoisotopic (exact) mass is 180 g/mol. The van der Waals surface area contributed by atoms with Gasteiger partial charge in [0.05, 0.1) is 6.61 Å². The topological polar surface area (TPSA) is 40.5 Å². The van der Waals surface area contributed by atoms with Crippen LogP contribution in [-0.2, 0) is 13.0 Å². The molecule has 0 saturated heterocycles. The first-order valence-corrected chi connectivity index (χ1v) is 4.67. The van der Waals surface area contributed by atoms with Gasteiger partial charge in [0, 0.05) is 6.61 Å². The van der Waals surface area contributed by atoms with Crippen LogP contribution in [0.25, 0.3) is 0 Å². The zero-order valence-electron chi connectivity index (χ0n) is 7.74. The summed E-state index contributed by atoms with van der Waals surface area (Å²) in [5.41, 5.74) is 2.19. The van der Waals surface area contributed by atoms with Gasteiger partial charge in [-0.3, -0.25) is 0 Å².